The lowest BCUT2D eigenvalue weighted by molar-refractivity contribution is -0.156. The molecule has 10 nitrogen and oxygen atoms in total. The summed E-state index contributed by atoms with van der Waals surface area (Å²) in [5.74, 6) is 0.513. The number of aliphatic hydroxyl groups is 1. The van der Waals surface area contributed by atoms with Crippen LogP contribution < -0.4 is 11.0 Å². The van der Waals surface area contributed by atoms with Crippen molar-refractivity contribution in [2.75, 3.05) is 5.32 Å². The van der Waals surface area contributed by atoms with Crippen molar-refractivity contribution in [3.05, 3.63) is 41.1 Å². The first kappa shape index (κ1) is 19.2. The van der Waals surface area contributed by atoms with Crippen molar-refractivity contribution in [3.63, 3.8) is 0 Å². The molecule has 4 aliphatic carbocycles. The molecule has 0 spiro atoms. The summed E-state index contributed by atoms with van der Waals surface area (Å²) in [7, 11) is 1.71. The number of nitrogens with zero attached hydrogens (tertiary/aromatic N) is 7. The number of nitrogens with one attached hydrogen (secondary N) is 1. The molecule has 170 valence electrons. The number of hydrogen-bond acceptors (Lipinski definition) is 7. The molecule has 0 saturated heterocycles. The van der Waals surface area contributed by atoms with Gasteiger partial charge in [-0.3, -0.25) is 9.13 Å². The van der Waals surface area contributed by atoms with Crippen LogP contribution in [0.5, 0.6) is 0 Å². The Kier molecular flexibility index (Phi) is 3.58. The summed E-state index contributed by atoms with van der Waals surface area (Å²) < 4.78 is 19.4. The minimum atomic E-state index is -0.712. The van der Waals surface area contributed by atoms with Gasteiger partial charge < -0.3 is 10.4 Å². The molecule has 0 aliphatic heterocycles. The smallest absolute Gasteiger partial charge is 0.330 e. The van der Waals surface area contributed by atoms with Crippen molar-refractivity contribution in [1.29, 1.82) is 0 Å². The van der Waals surface area contributed by atoms with E-state index in [1.54, 1.807) is 22.4 Å². The minimum absolute atomic E-state index is 0.154. The zero-order valence-electron chi connectivity index (χ0n) is 18.1. The molecule has 2 atom stereocenters. The molecule has 4 fully saturated rings. The Labute approximate surface area is 187 Å². The third-order valence-corrected chi connectivity index (χ3v) is 7.89. The molecule has 0 radical (unpaired) electrons. The van der Waals surface area contributed by atoms with Gasteiger partial charge in [0.1, 0.15) is 11.8 Å². The Balaban J connectivity index is 1.36. The summed E-state index contributed by atoms with van der Waals surface area (Å²) in [6, 6.07) is 1.28. The van der Waals surface area contributed by atoms with Gasteiger partial charge in [0.15, 0.2) is 17.1 Å². The van der Waals surface area contributed by atoms with Crippen LogP contribution in [0.3, 0.4) is 0 Å². The predicted octanol–water partition coefficient (Wildman–Crippen LogP) is 2.10. The first-order chi connectivity index (χ1) is 15.8. The standard InChI is InChI=1S/C22H23FN8O2/c1-29-16-8-24-19(27-15-9-30-17(3-14(15)23)25-11-26-30)28-18(16)31(20(29)32)21-4-12-2-13(5-21)7-22(33,6-12)10-21/h3,8-9,11-13,33H,2,4-7,10H2,1H3,(H,24,27,28). The average molecular weight is 450 g/mol. The van der Waals surface area contributed by atoms with Crippen LogP contribution in [0.15, 0.2) is 29.6 Å². The Morgan fingerprint density at radius 1 is 1.21 bits per heavy atom. The van der Waals surface area contributed by atoms with Crippen LogP contribution in [-0.2, 0) is 12.6 Å². The van der Waals surface area contributed by atoms with E-state index < -0.39 is 17.0 Å². The first-order valence-corrected chi connectivity index (χ1v) is 11.3. The van der Waals surface area contributed by atoms with Gasteiger partial charge in [0.05, 0.1) is 29.2 Å². The first-order valence-electron chi connectivity index (χ1n) is 11.3. The lowest BCUT2D eigenvalue weighted by Gasteiger charge is -2.60. The second-order valence-electron chi connectivity index (χ2n) is 10.2. The third kappa shape index (κ3) is 2.65. The fraction of sp³-hybridized carbons (Fsp3) is 0.500. The number of hydrogen-bond donors (Lipinski definition) is 2. The van der Waals surface area contributed by atoms with Crippen molar-refractivity contribution in [2.24, 2.45) is 18.9 Å². The van der Waals surface area contributed by atoms with Crippen molar-refractivity contribution < 1.29 is 9.50 Å². The topological polar surface area (TPSA) is 115 Å². The molecule has 11 heteroatoms. The second-order valence-corrected chi connectivity index (χ2v) is 10.2. The van der Waals surface area contributed by atoms with Crippen LogP contribution in [-0.4, -0.2) is 44.4 Å². The number of aromatic nitrogens is 7. The molecule has 4 aliphatic rings. The highest BCUT2D eigenvalue weighted by atomic mass is 19.1. The highest BCUT2D eigenvalue weighted by Gasteiger charge is 2.59. The second kappa shape index (κ2) is 6.16. The zero-order chi connectivity index (χ0) is 22.5. The molecular formula is C22H23FN8O2. The summed E-state index contributed by atoms with van der Waals surface area (Å²) >= 11 is 0. The van der Waals surface area contributed by atoms with E-state index >= 15 is 0 Å². The van der Waals surface area contributed by atoms with Crippen LogP contribution >= 0.6 is 0 Å². The number of rotatable bonds is 3. The van der Waals surface area contributed by atoms with E-state index in [0.29, 0.717) is 35.1 Å². The van der Waals surface area contributed by atoms with Crippen LogP contribution in [0.2, 0.25) is 0 Å². The lowest BCUT2D eigenvalue weighted by atomic mass is 9.51. The largest absolute Gasteiger partial charge is 0.390 e. The van der Waals surface area contributed by atoms with E-state index in [9.17, 15) is 14.3 Å². The molecule has 4 saturated carbocycles. The van der Waals surface area contributed by atoms with Crippen LogP contribution in [0.25, 0.3) is 16.8 Å². The molecule has 0 amide bonds. The van der Waals surface area contributed by atoms with Gasteiger partial charge in [-0.1, -0.05) is 0 Å². The molecule has 4 heterocycles. The van der Waals surface area contributed by atoms with Crippen molar-refractivity contribution in [1.82, 2.24) is 33.7 Å². The van der Waals surface area contributed by atoms with Crippen molar-refractivity contribution in [2.45, 2.75) is 49.7 Å². The highest BCUT2D eigenvalue weighted by molar-refractivity contribution is 5.73. The monoisotopic (exact) mass is 450 g/mol. The predicted molar refractivity (Wildman–Crippen MR) is 117 cm³/mol. The maximum absolute atomic E-state index is 14.6. The van der Waals surface area contributed by atoms with E-state index in [-0.39, 0.29) is 17.3 Å². The van der Waals surface area contributed by atoms with Gasteiger partial charge in [-0.25, -0.2) is 23.7 Å². The van der Waals surface area contributed by atoms with Crippen molar-refractivity contribution >= 4 is 28.4 Å². The molecule has 4 aromatic rings. The van der Waals surface area contributed by atoms with Gasteiger partial charge in [-0.2, -0.15) is 10.1 Å². The van der Waals surface area contributed by atoms with E-state index in [1.807, 2.05) is 0 Å². The normalized spacial score (nSPS) is 30.5. The Bertz CT molecular complexity index is 1490. The van der Waals surface area contributed by atoms with Crippen LogP contribution in [0, 0.1) is 17.7 Å². The number of fused-ring (bicyclic) bond motifs is 2. The van der Waals surface area contributed by atoms with E-state index in [0.717, 1.165) is 32.1 Å². The molecule has 8 rings (SSSR count). The van der Waals surface area contributed by atoms with Crippen LogP contribution in [0.1, 0.15) is 38.5 Å². The fourth-order valence-electron chi connectivity index (χ4n) is 7.08. The minimum Gasteiger partial charge on any atom is -0.390 e. The molecule has 4 bridgehead atoms. The fourth-order valence-corrected chi connectivity index (χ4v) is 7.08. The number of halogens is 1. The Hall–Kier alpha value is -3.34. The maximum atomic E-state index is 14.6. The van der Waals surface area contributed by atoms with E-state index in [2.05, 4.69) is 25.4 Å². The lowest BCUT2D eigenvalue weighted by Crippen LogP contribution is -2.61. The summed E-state index contributed by atoms with van der Waals surface area (Å²) in [5.41, 5.74) is 0.347. The Morgan fingerprint density at radius 3 is 2.76 bits per heavy atom. The molecule has 2 unspecified atom stereocenters. The van der Waals surface area contributed by atoms with Gasteiger partial charge in [-0.05, 0) is 50.4 Å². The summed E-state index contributed by atoms with van der Waals surface area (Å²) in [6.45, 7) is 0. The number of anilines is 2. The number of imidazole rings is 1. The van der Waals surface area contributed by atoms with Crippen molar-refractivity contribution in [3.8, 4) is 0 Å². The highest BCUT2D eigenvalue weighted by Crippen LogP contribution is 2.60. The molecule has 33 heavy (non-hydrogen) atoms. The van der Waals surface area contributed by atoms with Crippen LogP contribution in [0.4, 0.5) is 16.0 Å². The number of pyridine rings is 1. The molecule has 0 aromatic carbocycles. The van der Waals surface area contributed by atoms with Gasteiger partial charge in [0, 0.05) is 13.1 Å². The molecular weight excluding hydrogens is 427 g/mol. The SMILES string of the molecule is Cn1c(=O)n(C23CC4CC(CC(O)(C4)C2)C3)c2nc(Nc3cn4ncnc4cc3F)ncc21. The average Bonchev–Trinajstić information content (AvgIpc) is 3.28. The van der Waals surface area contributed by atoms with E-state index in [4.69, 9.17) is 0 Å². The van der Waals surface area contributed by atoms with Gasteiger partial charge >= 0.3 is 5.69 Å². The van der Waals surface area contributed by atoms with Gasteiger partial charge in [0.25, 0.3) is 0 Å². The zero-order valence-corrected chi connectivity index (χ0v) is 18.1. The Morgan fingerprint density at radius 2 is 2.00 bits per heavy atom. The summed E-state index contributed by atoms with van der Waals surface area (Å²) in [5, 5.41) is 18.2. The number of aryl methyl sites for hydroxylation is 1. The van der Waals surface area contributed by atoms with Gasteiger partial charge in [0.2, 0.25) is 5.95 Å². The van der Waals surface area contributed by atoms with E-state index in [1.165, 1.54) is 23.1 Å². The maximum Gasteiger partial charge on any atom is 0.330 e. The summed E-state index contributed by atoms with van der Waals surface area (Å²) in [4.78, 5) is 26.4. The molecule has 4 aromatic heterocycles. The van der Waals surface area contributed by atoms with Gasteiger partial charge in [-0.15, -0.1) is 0 Å². The third-order valence-electron chi connectivity index (χ3n) is 7.89. The summed E-state index contributed by atoms with van der Waals surface area (Å²) in [6.07, 6.45) is 9.48. The quantitative estimate of drug-likeness (QED) is 0.491. The molecule has 2 N–H and O–H groups in total.